The van der Waals surface area contributed by atoms with E-state index in [1.165, 1.54) is 97.6 Å². The summed E-state index contributed by atoms with van der Waals surface area (Å²) in [5.41, 5.74) is 11.7. The first-order chi connectivity index (χ1) is 28.5. The number of unbranched alkanes of at least 4 members (excludes halogenated alkanes) is 10. The summed E-state index contributed by atoms with van der Waals surface area (Å²) < 4.78 is 13.2. The molecule has 0 aromatic heterocycles. The van der Waals surface area contributed by atoms with Crippen LogP contribution in [0.25, 0.3) is 48.6 Å². The maximum absolute atomic E-state index is 6.59. The minimum Gasteiger partial charge on any atom is -0.493 e. The average Bonchev–Trinajstić information content (AvgIpc) is 3.25. The van der Waals surface area contributed by atoms with Crippen LogP contribution in [0.2, 0.25) is 0 Å². The standard InChI is InChI=1S/C56H66O2/c1-5-7-9-11-13-15-41-57-55-43-54(40-38-52-35-31-50(32-36-52)28-26-48-23-19-46(4)20-24-48)56(58-42-16-14-12-10-8-6-2)44-53(55)39-37-51-33-29-49(30-34-51)27-25-47-21-17-45(3)18-22-47/h17-40,43-44H,5-16,41-42H2,1-4H3. The van der Waals surface area contributed by atoms with Gasteiger partial charge in [0.25, 0.3) is 0 Å². The van der Waals surface area contributed by atoms with Gasteiger partial charge in [-0.2, -0.15) is 0 Å². The van der Waals surface area contributed by atoms with Crippen LogP contribution in [-0.2, 0) is 0 Å². The zero-order valence-corrected chi connectivity index (χ0v) is 35.7. The molecule has 5 rings (SSSR count). The van der Waals surface area contributed by atoms with Gasteiger partial charge in [0.15, 0.2) is 0 Å². The van der Waals surface area contributed by atoms with Crippen LogP contribution < -0.4 is 9.47 Å². The summed E-state index contributed by atoms with van der Waals surface area (Å²) in [6.45, 7) is 10.2. The van der Waals surface area contributed by atoms with E-state index in [1.54, 1.807) is 0 Å². The lowest BCUT2D eigenvalue weighted by molar-refractivity contribution is 0.295. The molecule has 5 aromatic rings. The van der Waals surface area contributed by atoms with Gasteiger partial charge in [-0.15, -0.1) is 0 Å². The third kappa shape index (κ3) is 15.9. The molecule has 0 bridgehead atoms. The second-order valence-electron chi connectivity index (χ2n) is 15.6. The highest BCUT2D eigenvalue weighted by Crippen LogP contribution is 2.33. The molecule has 2 nitrogen and oxygen atoms in total. The molecular weight excluding hydrogens is 705 g/mol. The second-order valence-corrected chi connectivity index (χ2v) is 15.6. The summed E-state index contributed by atoms with van der Waals surface area (Å²) in [4.78, 5) is 0. The summed E-state index contributed by atoms with van der Waals surface area (Å²) >= 11 is 0. The van der Waals surface area contributed by atoms with Gasteiger partial charge in [-0.3, -0.25) is 0 Å². The Bertz CT molecular complexity index is 1870. The minimum atomic E-state index is 0.702. The first-order valence-electron chi connectivity index (χ1n) is 22.0. The smallest absolute Gasteiger partial charge is 0.127 e. The lowest BCUT2D eigenvalue weighted by Gasteiger charge is -2.15. The third-order valence-electron chi connectivity index (χ3n) is 10.5. The molecule has 0 aliphatic rings. The summed E-state index contributed by atoms with van der Waals surface area (Å²) in [5, 5.41) is 0. The molecule has 0 heterocycles. The fourth-order valence-electron chi connectivity index (χ4n) is 6.78. The normalized spacial score (nSPS) is 11.8. The van der Waals surface area contributed by atoms with Crippen molar-refractivity contribution in [3.05, 3.63) is 165 Å². The summed E-state index contributed by atoms with van der Waals surface area (Å²) in [6.07, 6.45) is 32.2. The lowest BCUT2D eigenvalue weighted by atomic mass is 10.0. The van der Waals surface area contributed by atoms with Crippen LogP contribution in [-0.4, -0.2) is 13.2 Å². The molecule has 0 aliphatic heterocycles. The molecule has 302 valence electrons. The Morgan fingerprint density at radius 2 is 0.586 bits per heavy atom. The van der Waals surface area contributed by atoms with Gasteiger partial charge in [0, 0.05) is 11.1 Å². The van der Waals surface area contributed by atoms with Crippen molar-refractivity contribution in [1.82, 2.24) is 0 Å². The van der Waals surface area contributed by atoms with E-state index in [9.17, 15) is 0 Å². The Kier molecular flexibility index (Phi) is 19.0. The second kappa shape index (κ2) is 25.1. The number of benzene rings is 5. The van der Waals surface area contributed by atoms with E-state index in [4.69, 9.17) is 9.47 Å². The lowest BCUT2D eigenvalue weighted by Crippen LogP contribution is -2.03. The Balaban J connectivity index is 1.36. The van der Waals surface area contributed by atoms with Gasteiger partial charge in [0.05, 0.1) is 13.2 Å². The fourth-order valence-corrected chi connectivity index (χ4v) is 6.78. The van der Waals surface area contributed by atoms with E-state index < -0.39 is 0 Å². The van der Waals surface area contributed by atoms with E-state index >= 15 is 0 Å². The molecule has 0 spiro atoms. The average molecular weight is 771 g/mol. The van der Waals surface area contributed by atoms with Gasteiger partial charge >= 0.3 is 0 Å². The predicted octanol–water partition coefficient (Wildman–Crippen LogP) is 16.5. The zero-order valence-electron chi connectivity index (χ0n) is 35.7. The molecule has 0 saturated heterocycles. The van der Waals surface area contributed by atoms with Crippen molar-refractivity contribution in [2.75, 3.05) is 13.2 Å². The van der Waals surface area contributed by atoms with Gasteiger partial charge in [-0.05, 0) is 72.2 Å². The number of hydrogen-bond donors (Lipinski definition) is 0. The molecule has 0 saturated carbocycles. The van der Waals surface area contributed by atoms with Crippen molar-refractivity contribution >= 4 is 48.6 Å². The molecule has 0 fully saturated rings. The summed E-state index contributed by atoms with van der Waals surface area (Å²) in [5.74, 6) is 1.79. The predicted molar refractivity (Wildman–Crippen MR) is 255 cm³/mol. The molecule has 58 heavy (non-hydrogen) atoms. The molecule has 0 aliphatic carbocycles. The summed E-state index contributed by atoms with van der Waals surface area (Å²) in [6, 6.07) is 39.0. The zero-order chi connectivity index (χ0) is 40.6. The quantitative estimate of drug-likeness (QED) is 0.0460. The van der Waals surface area contributed by atoms with Crippen molar-refractivity contribution in [1.29, 1.82) is 0 Å². The van der Waals surface area contributed by atoms with Gasteiger partial charge in [0.1, 0.15) is 11.5 Å². The highest BCUT2D eigenvalue weighted by molar-refractivity contribution is 5.80. The van der Waals surface area contributed by atoms with Crippen molar-refractivity contribution in [3.8, 4) is 11.5 Å². The Hall–Kier alpha value is -5.34. The fraction of sp³-hybridized carbons (Fsp3) is 0.321. The molecule has 2 heteroatoms. The van der Waals surface area contributed by atoms with Crippen LogP contribution in [0.3, 0.4) is 0 Å². The molecule has 0 N–H and O–H groups in total. The molecule has 0 unspecified atom stereocenters. The molecular formula is C56H66O2. The maximum atomic E-state index is 6.59. The molecule has 5 aromatic carbocycles. The first kappa shape index (κ1) is 43.8. The van der Waals surface area contributed by atoms with Crippen LogP contribution in [0.15, 0.2) is 109 Å². The van der Waals surface area contributed by atoms with Crippen LogP contribution in [0, 0.1) is 13.8 Å². The van der Waals surface area contributed by atoms with Crippen LogP contribution in [0.4, 0.5) is 0 Å². The van der Waals surface area contributed by atoms with Gasteiger partial charge < -0.3 is 9.47 Å². The minimum absolute atomic E-state index is 0.702. The highest BCUT2D eigenvalue weighted by atomic mass is 16.5. The Labute approximate surface area is 351 Å². The Morgan fingerprint density at radius 1 is 0.328 bits per heavy atom. The number of hydrogen-bond acceptors (Lipinski definition) is 2. The molecule has 0 atom stereocenters. The van der Waals surface area contributed by atoms with Crippen LogP contribution in [0.1, 0.15) is 147 Å². The third-order valence-corrected chi connectivity index (χ3v) is 10.5. The van der Waals surface area contributed by atoms with E-state index in [1.807, 2.05) is 0 Å². The van der Waals surface area contributed by atoms with Crippen molar-refractivity contribution < 1.29 is 9.47 Å². The number of ether oxygens (including phenoxy) is 2. The molecule has 0 amide bonds. The summed E-state index contributed by atoms with van der Waals surface area (Å²) in [7, 11) is 0. The SMILES string of the molecule is CCCCCCCCOc1cc(C=Cc2ccc(C=Cc3ccc(C)cc3)cc2)c(OCCCCCCCC)cc1C=Cc1ccc(C=Cc2ccc(C)cc2)cc1. The topological polar surface area (TPSA) is 18.5 Å². The van der Waals surface area contributed by atoms with Crippen LogP contribution in [0.5, 0.6) is 11.5 Å². The van der Waals surface area contributed by atoms with Gasteiger partial charge in [0.2, 0.25) is 0 Å². The van der Waals surface area contributed by atoms with Gasteiger partial charge in [-0.1, -0.05) is 235 Å². The monoisotopic (exact) mass is 771 g/mol. The number of rotatable bonds is 24. The largest absolute Gasteiger partial charge is 0.493 e. The van der Waals surface area contributed by atoms with Gasteiger partial charge in [-0.25, -0.2) is 0 Å². The first-order valence-corrected chi connectivity index (χ1v) is 22.0. The van der Waals surface area contributed by atoms with Crippen molar-refractivity contribution in [2.45, 2.75) is 105 Å². The number of aryl methyl sites for hydroxylation is 2. The van der Waals surface area contributed by atoms with E-state index in [0.717, 1.165) is 46.6 Å². The van der Waals surface area contributed by atoms with E-state index in [0.29, 0.717) is 13.2 Å². The van der Waals surface area contributed by atoms with E-state index in [2.05, 4.69) is 185 Å². The highest BCUT2D eigenvalue weighted by Gasteiger charge is 2.11. The molecule has 0 radical (unpaired) electrons. The van der Waals surface area contributed by atoms with Crippen LogP contribution >= 0.6 is 0 Å². The van der Waals surface area contributed by atoms with Crippen molar-refractivity contribution in [2.24, 2.45) is 0 Å². The Morgan fingerprint density at radius 3 is 0.897 bits per heavy atom. The van der Waals surface area contributed by atoms with E-state index in [-0.39, 0.29) is 0 Å². The van der Waals surface area contributed by atoms with Crippen molar-refractivity contribution in [3.63, 3.8) is 0 Å². The maximum Gasteiger partial charge on any atom is 0.127 e.